The quantitative estimate of drug-likeness (QED) is 0.190. The molecule has 41 heavy (non-hydrogen) atoms. The van der Waals surface area contributed by atoms with E-state index in [2.05, 4.69) is 20.6 Å². The monoisotopic (exact) mass is 569 g/mol. The van der Waals surface area contributed by atoms with Gasteiger partial charge in [-0.25, -0.2) is 9.37 Å². The standard InChI is InChI=1S/C31H24FN5O3.ClH/c32-21-3-5-22(6-4-21)36-29(38)31(14-15-31)30(39)37-23-7-9-24(10-8-23)40-27-13-16-34-26-17-19(1-11-25(26)27)20-2-12-28(33)35-18-20;/h1-13,16-18H,14-15H2,(H2,33,35)(H,36,38)(H,37,39);1H. The van der Waals surface area contributed by atoms with E-state index in [1.807, 2.05) is 24.3 Å². The molecule has 8 nitrogen and oxygen atoms in total. The van der Waals surface area contributed by atoms with E-state index >= 15 is 0 Å². The first kappa shape index (κ1) is 27.5. The van der Waals surface area contributed by atoms with Gasteiger partial charge in [0.05, 0.1) is 5.52 Å². The Hall–Kier alpha value is -5.02. The molecule has 0 aliphatic heterocycles. The van der Waals surface area contributed by atoms with Crippen LogP contribution in [-0.2, 0) is 9.59 Å². The van der Waals surface area contributed by atoms with Crippen LogP contribution < -0.4 is 21.1 Å². The Balaban J connectivity index is 0.00000337. The number of nitrogens with one attached hydrogen (secondary N) is 2. The van der Waals surface area contributed by atoms with E-state index in [1.54, 1.807) is 48.8 Å². The first-order chi connectivity index (χ1) is 19.4. The molecule has 0 atom stereocenters. The molecule has 0 bridgehead atoms. The maximum atomic E-state index is 13.2. The van der Waals surface area contributed by atoms with Crippen LogP contribution in [0.3, 0.4) is 0 Å². The van der Waals surface area contributed by atoms with E-state index in [-0.39, 0.29) is 18.3 Å². The van der Waals surface area contributed by atoms with Crippen LogP contribution in [0.25, 0.3) is 22.0 Å². The van der Waals surface area contributed by atoms with Gasteiger partial charge in [-0.05, 0) is 97.3 Å². The minimum absolute atomic E-state index is 0. The Morgan fingerprint density at radius 2 is 1.44 bits per heavy atom. The second-order valence-electron chi connectivity index (χ2n) is 9.64. The van der Waals surface area contributed by atoms with Crippen LogP contribution >= 0.6 is 12.4 Å². The molecule has 5 aromatic rings. The van der Waals surface area contributed by atoms with Crippen LogP contribution in [0, 0.1) is 11.2 Å². The summed E-state index contributed by atoms with van der Waals surface area (Å²) >= 11 is 0. The number of amides is 2. The summed E-state index contributed by atoms with van der Waals surface area (Å²) in [5.41, 5.74) is 8.20. The summed E-state index contributed by atoms with van der Waals surface area (Å²) in [5.74, 6) is 0.488. The van der Waals surface area contributed by atoms with Gasteiger partial charge >= 0.3 is 0 Å². The maximum Gasteiger partial charge on any atom is 0.240 e. The summed E-state index contributed by atoms with van der Waals surface area (Å²) in [6.07, 6.45) is 4.29. The SMILES string of the molecule is Cl.Nc1ccc(-c2ccc3c(Oc4ccc(NC(=O)C5(C(=O)Nc6ccc(F)cc6)CC5)cc4)ccnc3c2)cn1. The van der Waals surface area contributed by atoms with Gasteiger partial charge in [0, 0.05) is 34.7 Å². The first-order valence-electron chi connectivity index (χ1n) is 12.7. The number of halogens is 2. The zero-order valence-electron chi connectivity index (χ0n) is 21.6. The number of nitrogens with zero attached hydrogens (tertiary/aromatic N) is 2. The van der Waals surface area contributed by atoms with Crippen molar-refractivity contribution >= 4 is 52.3 Å². The molecule has 6 rings (SSSR count). The molecular weight excluding hydrogens is 545 g/mol. The third kappa shape index (κ3) is 5.80. The minimum Gasteiger partial charge on any atom is -0.457 e. The van der Waals surface area contributed by atoms with Crippen LogP contribution in [0.2, 0.25) is 0 Å². The van der Waals surface area contributed by atoms with E-state index in [0.717, 1.165) is 22.0 Å². The molecule has 2 amide bonds. The molecule has 3 aromatic carbocycles. The van der Waals surface area contributed by atoms with Crippen LogP contribution in [0.15, 0.2) is 97.3 Å². The maximum absolute atomic E-state index is 13.2. The Kier molecular flexibility index (Phi) is 7.54. The summed E-state index contributed by atoms with van der Waals surface area (Å²) in [4.78, 5) is 34.4. The number of nitrogens with two attached hydrogens (primary N) is 1. The number of hydrogen-bond acceptors (Lipinski definition) is 6. The second kappa shape index (κ2) is 11.2. The molecule has 1 aliphatic carbocycles. The molecule has 0 saturated heterocycles. The largest absolute Gasteiger partial charge is 0.457 e. The summed E-state index contributed by atoms with van der Waals surface area (Å²) in [7, 11) is 0. The Morgan fingerprint density at radius 3 is 2.05 bits per heavy atom. The fraction of sp³-hybridized carbons (Fsp3) is 0.0968. The van der Waals surface area contributed by atoms with Crippen molar-refractivity contribution in [3.63, 3.8) is 0 Å². The fourth-order valence-electron chi connectivity index (χ4n) is 4.42. The van der Waals surface area contributed by atoms with Crippen LogP contribution in [0.1, 0.15) is 12.8 Å². The highest BCUT2D eigenvalue weighted by Gasteiger charge is 2.56. The number of ether oxygens (including phenoxy) is 1. The topological polar surface area (TPSA) is 119 Å². The number of aromatic nitrogens is 2. The summed E-state index contributed by atoms with van der Waals surface area (Å²) in [6.45, 7) is 0. The molecule has 0 radical (unpaired) electrons. The highest BCUT2D eigenvalue weighted by molar-refractivity contribution is 6.16. The molecule has 1 saturated carbocycles. The van der Waals surface area contributed by atoms with Gasteiger partial charge in [0.1, 0.15) is 28.5 Å². The van der Waals surface area contributed by atoms with Gasteiger partial charge in [-0.2, -0.15) is 0 Å². The van der Waals surface area contributed by atoms with Crippen molar-refractivity contribution in [2.45, 2.75) is 12.8 Å². The van der Waals surface area contributed by atoms with Crippen molar-refractivity contribution < 1.29 is 18.7 Å². The minimum atomic E-state index is -1.14. The lowest BCUT2D eigenvalue weighted by molar-refractivity contribution is -0.131. The molecule has 0 unspecified atom stereocenters. The highest BCUT2D eigenvalue weighted by Crippen LogP contribution is 2.47. The normalized spacial score (nSPS) is 13.1. The number of hydrogen-bond donors (Lipinski definition) is 3. The van der Waals surface area contributed by atoms with Gasteiger partial charge in [-0.1, -0.05) is 6.07 Å². The summed E-state index contributed by atoms with van der Waals surface area (Å²) in [5, 5.41) is 6.38. The van der Waals surface area contributed by atoms with Gasteiger partial charge in [0.2, 0.25) is 11.8 Å². The van der Waals surface area contributed by atoms with Crippen molar-refractivity contribution in [3.05, 3.63) is 103 Å². The molecule has 2 aromatic heterocycles. The predicted molar refractivity (Wildman–Crippen MR) is 158 cm³/mol. The number of carbonyl (C=O) groups excluding carboxylic acids is 2. The zero-order valence-corrected chi connectivity index (χ0v) is 22.5. The lowest BCUT2D eigenvalue weighted by Crippen LogP contribution is -2.35. The number of carbonyl (C=O) groups is 2. The predicted octanol–water partition coefficient (Wildman–Crippen LogP) is 6.59. The smallest absolute Gasteiger partial charge is 0.240 e. The molecule has 4 N–H and O–H groups in total. The number of rotatable bonds is 7. The van der Waals surface area contributed by atoms with Gasteiger partial charge in [-0.3, -0.25) is 14.6 Å². The fourth-order valence-corrected chi connectivity index (χ4v) is 4.42. The average Bonchev–Trinajstić information content (AvgIpc) is 3.78. The second-order valence-corrected chi connectivity index (χ2v) is 9.64. The zero-order chi connectivity index (χ0) is 27.7. The molecular formula is C31H25ClFN5O3. The third-order valence-corrected chi connectivity index (χ3v) is 6.88. The molecule has 206 valence electrons. The van der Waals surface area contributed by atoms with Crippen molar-refractivity contribution in [3.8, 4) is 22.6 Å². The van der Waals surface area contributed by atoms with Crippen molar-refractivity contribution in [1.29, 1.82) is 0 Å². The van der Waals surface area contributed by atoms with Gasteiger partial charge < -0.3 is 21.1 Å². The van der Waals surface area contributed by atoms with Crippen molar-refractivity contribution in [2.75, 3.05) is 16.4 Å². The number of fused-ring (bicyclic) bond motifs is 1. The third-order valence-electron chi connectivity index (χ3n) is 6.88. The van der Waals surface area contributed by atoms with E-state index in [0.29, 0.717) is 41.5 Å². The lowest BCUT2D eigenvalue weighted by atomic mass is 10.0. The van der Waals surface area contributed by atoms with E-state index < -0.39 is 17.1 Å². The Morgan fingerprint density at radius 1 is 0.805 bits per heavy atom. The van der Waals surface area contributed by atoms with Gasteiger partial charge in [-0.15, -0.1) is 12.4 Å². The Bertz CT molecular complexity index is 1720. The van der Waals surface area contributed by atoms with E-state index in [9.17, 15) is 14.0 Å². The first-order valence-corrected chi connectivity index (χ1v) is 12.7. The number of benzene rings is 3. The highest BCUT2D eigenvalue weighted by atomic mass is 35.5. The molecule has 1 fully saturated rings. The van der Waals surface area contributed by atoms with Gasteiger partial charge in [0.15, 0.2) is 0 Å². The van der Waals surface area contributed by atoms with Crippen LogP contribution in [0.4, 0.5) is 21.6 Å². The van der Waals surface area contributed by atoms with Crippen LogP contribution in [0.5, 0.6) is 11.5 Å². The van der Waals surface area contributed by atoms with E-state index in [1.165, 1.54) is 24.3 Å². The van der Waals surface area contributed by atoms with E-state index in [4.69, 9.17) is 10.5 Å². The number of anilines is 3. The van der Waals surface area contributed by atoms with Crippen molar-refractivity contribution in [1.82, 2.24) is 9.97 Å². The molecule has 1 aliphatic rings. The number of pyridine rings is 2. The average molecular weight is 570 g/mol. The van der Waals surface area contributed by atoms with Crippen molar-refractivity contribution in [2.24, 2.45) is 5.41 Å². The molecule has 10 heteroatoms. The lowest BCUT2D eigenvalue weighted by Gasteiger charge is -2.16. The number of nitrogen functional groups attached to an aromatic ring is 1. The van der Waals surface area contributed by atoms with Gasteiger partial charge in [0.25, 0.3) is 0 Å². The molecule has 0 spiro atoms. The summed E-state index contributed by atoms with van der Waals surface area (Å²) in [6, 6.07) is 23.7. The van der Waals surface area contributed by atoms with Crippen LogP contribution in [-0.4, -0.2) is 21.8 Å². The molecule has 2 heterocycles. The Labute approximate surface area is 241 Å². The summed E-state index contributed by atoms with van der Waals surface area (Å²) < 4.78 is 19.3.